The van der Waals surface area contributed by atoms with Crippen molar-refractivity contribution in [1.29, 1.82) is 0 Å². The topological polar surface area (TPSA) is 89.4 Å². The van der Waals surface area contributed by atoms with E-state index >= 15 is 0 Å². The van der Waals surface area contributed by atoms with Crippen LogP contribution in [0, 0.1) is 0 Å². The number of fused-ring (bicyclic) bond motifs is 1. The molecule has 0 aliphatic rings. The van der Waals surface area contributed by atoms with Crippen LogP contribution in [0.5, 0.6) is 0 Å². The van der Waals surface area contributed by atoms with Crippen molar-refractivity contribution in [3.8, 4) is 0 Å². The van der Waals surface area contributed by atoms with E-state index in [0.29, 0.717) is 6.54 Å². The summed E-state index contributed by atoms with van der Waals surface area (Å²) in [5, 5.41) is 2.28. The molecule has 2 rings (SSSR count). The average Bonchev–Trinajstić information content (AvgIpc) is 2.45. The zero-order valence-corrected chi connectivity index (χ0v) is 12.0. The zero-order valence-electron chi connectivity index (χ0n) is 12.0. The summed E-state index contributed by atoms with van der Waals surface area (Å²) in [6.45, 7) is 0.441. The second kappa shape index (κ2) is 6.37. The monoisotopic (exact) mass is 285 g/mol. The highest BCUT2D eigenvalue weighted by atomic mass is 16.2. The fourth-order valence-electron chi connectivity index (χ4n) is 2.28. The lowest BCUT2D eigenvalue weighted by Gasteiger charge is -2.21. The van der Waals surface area contributed by atoms with Crippen molar-refractivity contribution in [2.45, 2.75) is 19.0 Å². The van der Waals surface area contributed by atoms with Crippen molar-refractivity contribution in [3.05, 3.63) is 48.0 Å². The Morgan fingerprint density at radius 2 is 1.81 bits per heavy atom. The maximum Gasteiger partial charge on any atom is 0.240 e. The first-order chi connectivity index (χ1) is 9.97. The molecule has 0 saturated heterocycles. The first-order valence-corrected chi connectivity index (χ1v) is 6.74. The minimum atomic E-state index is -0.882. The molecule has 1 atom stereocenters. The smallest absolute Gasteiger partial charge is 0.240 e. The van der Waals surface area contributed by atoms with Crippen LogP contribution in [0.4, 0.5) is 0 Å². The van der Waals surface area contributed by atoms with Crippen LogP contribution >= 0.6 is 0 Å². The van der Waals surface area contributed by atoms with E-state index in [1.54, 1.807) is 7.05 Å². The average molecular weight is 285 g/mol. The van der Waals surface area contributed by atoms with E-state index < -0.39 is 11.9 Å². The van der Waals surface area contributed by atoms with Crippen LogP contribution < -0.4 is 11.5 Å². The molecule has 1 unspecified atom stereocenters. The van der Waals surface area contributed by atoms with Crippen LogP contribution in [0.1, 0.15) is 12.0 Å². The molecule has 110 valence electrons. The SMILES string of the molecule is CN(Cc1ccc2ccccc2c1)C(=O)C(N)CC(N)=O. The number of primary amides is 1. The Labute approximate surface area is 123 Å². The predicted octanol–water partition coefficient (Wildman–Crippen LogP) is 1.00. The Morgan fingerprint density at radius 1 is 1.14 bits per heavy atom. The van der Waals surface area contributed by atoms with Gasteiger partial charge in [-0.3, -0.25) is 9.59 Å². The van der Waals surface area contributed by atoms with Gasteiger partial charge in [0.25, 0.3) is 0 Å². The lowest BCUT2D eigenvalue weighted by Crippen LogP contribution is -2.43. The number of carbonyl (C=O) groups excluding carboxylic acids is 2. The quantitative estimate of drug-likeness (QED) is 0.859. The normalized spacial score (nSPS) is 12.1. The van der Waals surface area contributed by atoms with E-state index in [1.165, 1.54) is 4.90 Å². The van der Waals surface area contributed by atoms with Gasteiger partial charge in [0.1, 0.15) is 0 Å². The number of likely N-dealkylation sites (N-methyl/N-ethyl adjacent to an activating group) is 1. The van der Waals surface area contributed by atoms with Crippen molar-refractivity contribution >= 4 is 22.6 Å². The molecule has 21 heavy (non-hydrogen) atoms. The molecule has 5 nitrogen and oxygen atoms in total. The molecule has 2 aromatic carbocycles. The molecule has 2 amide bonds. The van der Waals surface area contributed by atoms with E-state index in [4.69, 9.17) is 11.5 Å². The van der Waals surface area contributed by atoms with Gasteiger partial charge in [0.2, 0.25) is 11.8 Å². The Bertz CT molecular complexity index is 669. The molecular weight excluding hydrogens is 266 g/mol. The van der Waals surface area contributed by atoms with Crippen LogP contribution in [-0.4, -0.2) is 29.8 Å². The number of rotatable bonds is 5. The maximum absolute atomic E-state index is 12.0. The molecule has 0 aliphatic carbocycles. The standard InChI is InChI=1S/C16H19N3O2/c1-19(16(21)14(17)9-15(18)20)10-11-6-7-12-4-2-3-5-13(12)8-11/h2-8,14H,9-10,17H2,1H3,(H2,18,20). The van der Waals surface area contributed by atoms with Gasteiger partial charge in [-0.25, -0.2) is 0 Å². The molecule has 5 heteroatoms. The van der Waals surface area contributed by atoms with Gasteiger partial charge < -0.3 is 16.4 Å². The van der Waals surface area contributed by atoms with E-state index in [1.807, 2.05) is 42.5 Å². The van der Waals surface area contributed by atoms with E-state index in [9.17, 15) is 9.59 Å². The number of benzene rings is 2. The molecule has 0 radical (unpaired) electrons. The number of carbonyl (C=O) groups is 2. The largest absolute Gasteiger partial charge is 0.370 e. The summed E-state index contributed by atoms with van der Waals surface area (Å²) < 4.78 is 0. The molecule has 0 heterocycles. The highest BCUT2D eigenvalue weighted by Crippen LogP contribution is 2.16. The highest BCUT2D eigenvalue weighted by molar-refractivity contribution is 5.87. The van der Waals surface area contributed by atoms with Gasteiger partial charge in [-0.1, -0.05) is 36.4 Å². The van der Waals surface area contributed by atoms with Crippen LogP contribution in [-0.2, 0) is 16.1 Å². The number of amides is 2. The fourth-order valence-corrected chi connectivity index (χ4v) is 2.28. The van der Waals surface area contributed by atoms with Crippen molar-refractivity contribution in [2.75, 3.05) is 7.05 Å². The molecule has 0 fully saturated rings. The van der Waals surface area contributed by atoms with Gasteiger partial charge >= 0.3 is 0 Å². The molecular formula is C16H19N3O2. The van der Waals surface area contributed by atoms with Gasteiger partial charge in [-0.2, -0.15) is 0 Å². The molecule has 0 spiro atoms. The summed E-state index contributed by atoms with van der Waals surface area (Å²) in [7, 11) is 1.67. The van der Waals surface area contributed by atoms with E-state index in [0.717, 1.165) is 16.3 Å². The van der Waals surface area contributed by atoms with Crippen molar-refractivity contribution in [2.24, 2.45) is 11.5 Å². The summed E-state index contributed by atoms with van der Waals surface area (Å²) >= 11 is 0. The van der Waals surface area contributed by atoms with Crippen molar-refractivity contribution in [1.82, 2.24) is 4.90 Å². The second-order valence-corrected chi connectivity index (χ2v) is 5.15. The lowest BCUT2D eigenvalue weighted by molar-refractivity contribution is -0.133. The van der Waals surface area contributed by atoms with Crippen LogP contribution in [0.25, 0.3) is 10.8 Å². The first-order valence-electron chi connectivity index (χ1n) is 6.74. The van der Waals surface area contributed by atoms with Crippen molar-refractivity contribution < 1.29 is 9.59 Å². The van der Waals surface area contributed by atoms with Crippen LogP contribution in [0.2, 0.25) is 0 Å². The van der Waals surface area contributed by atoms with Gasteiger partial charge in [-0.05, 0) is 22.4 Å². The van der Waals surface area contributed by atoms with E-state index in [2.05, 4.69) is 0 Å². The highest BCUT2D eigenvalue weighted by Gasteiger charge is 2.20. The van der Waals surface area contributed by atoms with Gasteiger partial charge in [0.05, 0.1) is 12.5 Å². The Morgan fingerprint density at radius 3 is 2.48 bits per heavy atom. The predicted molar refractivity (Wildman–Crippen MR) is 82.2 cm³/mol. The van der Waals surface area contributed by atoms with E-state index in [-0.39, 0.29) is 12.3 Å². The summed E-state index contributed by atoms with van der Waals surface area (Å²) in [6, 6.07) is 13.2. The maximum atomic E-state index is 12.0. The minimum absolute atomic E-state index is 0.138. The number of nitrogens with zero attached hydrogens (tertiary/aromatic N) is 1. The van der Waals surface area contributed by atoms with Crippen LogP contribution in [0.15, 0.2) is 42.5 Å². The third-order valence-electron chi connectivity index (χ3n) is 3.35. The van der Waals surface area contributed by atoms with Crippen molar-refractivity contribution in [3.63, 3.8) is 0 Å². The fraction of sp³-hybridized carbons (Fsp3) is 0.250. The molecule has 0 aromatic heterocycles. The summed E-state index contributed by atoms with van der Waals surface area (Å²) in [6.07, 6.45) is -0.138. The lowest BCUT2D eigenvalue weighted by atomic mass is 10.1. The molecule has 0 bridgehead atoms. The summed E-state index contributed by atoms with van der Waals surface area (Å²) in [5.41, 5.74) is 11.7. The third-order valence-corrected chi connectivity index (χ3v) is 3.35. The molecule has 0 aliphatic heterocycles. The summed E-state index contributed by atoms with van der Waals surface area (Å²) in [4.78, 5) is 24.4. The first kappa shape index (κ1) is 15.0. The molecule has 4 N–H and O–H groups in total. The third kappa shape index (κ3) is 3.79. The number of hydrogen-bond donors (Lipinski definition) is 2. The van der Waals surface area contributed by atoms with Gasteiger partial charge in [0.15, 0.2) is 0 Å². The minimum Gasteiger partial charge on any atom is -0.370 e. The van der Waals surface area contributed by atoms with Gasteiger partial charge in [-0.15, -0.1) is 0 Å². The summed E-state index contributed by atoms with van der Waals surface area (Å²) in [5.74, 6) is -0.864. The van der Waals surface area contributed by atoms with Gasteiger partial charge in [0, 0.05) is 13.6 Å². The Kier molecular flexibility index (Phi) is 4.55. The van der Waals surface area contributed by atoms with Crippen LogP contribution in [0.3, 0.4) is 0 Å². The Balaban J connectivity index is 2.08. The Hall–Kier alpha value is -2.40. The molecule has 0 saturated carbocycles. The zero-order chi connectivity index (χ0) is 15.4. The second-order valence-electron chi connectivity index (χ2n) is 5.15. The number of nitrogens with two attached hydrogens (primary N) is 2. The number of hydrogen-bond acceptors (Lipinski definition) is 3. The molecule has 2 aromatic rings.